The molecular weight excluding hydrogens is 564 g/mol. The quantitative estimate of drug-likeness (QED) is 0.196. The highest BCUT2D eigenvalue weighted by molar-refractivity contribution is 5.43. The Hall–Kier alpha value is -5.59. The summed E-state index contributed by atoms with van der Waals surface area (Å²) in [6, 6.07) is 20.2. The molecule has 2 aromatic heterocycles. The Morgan fingerprint density at radius 2 is 1.58 bits per heavy atom. The zero-order chi connectivity index (χ0) is 30.5. The fraction of sp³-hybridized carbons (Fsp3) is 0.129. The molecule has 0 amide bonds. The number of pyridine rings is 1. The first-order valence-corrected chi connectivity index (χ1v) is 12.7. The van der Waals surface area contributed by atoms with E-state index in [9.17, 15) is 13.9 Å². The largest absolute Gasteiger partial charge is 0.489 e. The van der Waals surface area contributed by atoms with Gasteiger partial charge in [0.05, 0.1) is 18.1 Å². The number of benzene rings is 3. The fourth-order valence-corrected chi connectivity index (χ4v) is 4.17. The van der Waals surface area contributed by atoms with Gasteiger partial charge in [-0.05, 0) is 60.2 Å². The van der Waals surface area contributed by atoms with Crippen molar-refractivity contribution in [3.8, 4) is 23.7 Å². The van der Waals surface area contributed by atoms with Crippen LogP contribution in [0, 0.1) is 34.8 Å². The van der Waals surface area contributed by atoms with E-state index < -0.39 is 40.8 Å². The molecule has 0 aliphatic heterocycles. The number of aromatic amines is 1. The summed E-state index contributed by atoms with van der Waals surface area (Å²) in [5.41, 5.74) is -2.59. The van der Waals surface area contributed by atoms with Crippen LogP contribution in [0.1, 0.15) is 39.3 Å². The molecule has 0 aliphatic carbocycles. The zero-order valence-corrected chi connectivity index (χ0v) is 22.1. The summed E-state index contributed by atoms with van der Waals surface area (Å²) in [5.74, 6) is -0.484. The van der Waals surface area contributed by atoms with Gasteiger partial charge in [-0.25, -0.2) is 8.78 Å². The van der Waals surface area contributed by atoms with Gasteiger partial charge in [-0.1, -0.05) is 35.3 Å². The zero-order valence-electron chi connectivity index (χ0n) is 22.1. The number of nitriles is 1. The molecule has 12 heteroatoms. The topological polar surface area (TPSA) is 121 Å². The maximum absolute atomic E-state index is 15.9. The summed E-state index contributed by atoms with van der Waals surface area (Å²) in [6.07, 6.45) is 0.155. The number of ether oxygens (including phenoxy) is 1. The van der Waals surface area contributed by atoms with Crippen molar-refractivity contribution < 1.29 is 27.4 Å². The van der Waals surface area contributed by atoms with Gasteiger partial charge in [-0.15, -0.1) is 10.2 Å². The average Bonchev–Trinajstić information content (AvgIpc) is 3.52. The lowest BCUT2D eigenvalue weighted by Crippen LogP contribution is -2.46. The van der Waals surface area contributed by atoms with Crippen molar-refractivity contribution in [1.29, 1.82) is 5.26 Å². The number of nitrogens with zero attached hydrogens (tertiary/aromatic N) is 5. The van der Waals surface area contributed by atoms with Gasteiger partial charge in [-0.3, -0.25) is 4.98 Å². The molecular formula is C31H20F4N6O2. The lowest BCUT2D eigenvalue weighted by Gasteiger charge is -2.35. The SMILES string of the molecule is N#Cc1ccc(OCc2ccc(C#Cc3ccc(C(F)(F)C(O)(Cc4nn[nH]n4)c4ccc(F)cc4F)nc3)cc2)cc1. The summed E-state index contributed by atoms with van der Waals surface area (Å²) in [6.45, 7) is 0.306. The molecule has 2 heterocycles. The maximum atomic E-state index is 15.9. The van der Waals surface area contributed by atoms with E-state index in [0.717, 1.165) is 30.0 Å². The van der Waals surface area contributed by atoms with Crippen LogP contribution in [0.15, 0.2) is 85.1 Å². The molecule has 2 N–H and O–H groups in total. The maximum Gasteiger partial charge on any atom is 0.322 e. The predicted molar refractivity (Wildman–Crippen MR) is 144 cm³/mol. The molecule has 214 valence electrons. The molecule has 0 bridgehead atoms. The minimum Gasteiger partial charge on any atom is -0.489 e. The second-order valence-electron chi connectivity index (χ2n) is 9.37. The van der Waals surface area contributed by atoms with Crippen molar-refractivity contribution in [2.75, 3.05) is 0 Å². The highest BCUT2D eigenvalue weighted by Crippen LogP contribution is 2.47. The average molecular weight is 585 g/mol. The van der Waals surface area contributed by atoms with Gasteiger partial charge in [0.2, 0.25) is 0 Å². The first-order chi connectivity index (χ1) is 20.7. The molecule has 5 rings (SSSR count). The van der Waals surface area contributed by atoms with Gasteiger partial charge in [0.25, 0.3) is 0 Å². The third kappa shape index (κ3) is 6.35. The summed E-state index contributed by atoms with van der Waals surface area (Å²) in [4.78, 5) is 3.80. The van der Waals surface area contributed by atoms with Gasteiger partial charge in [0.1, 0.15) is 29.7 Å². The van der Waals surface area contributed by atoms with Crippen LogP contribution in [0.2, 0.25) is 0 Å². The molecule has 3 aromatic carbocycles. The Morgan fingerprint density at radius 1 is 0.884 bits per heavy atom. The van der Waals surface area contributed by atoms with Crippen LogP contribution in [-0.4, -0.2) is 30.7 Å². The molecule has 1 atom stereocenters. The van der Waals surface area contributed by atoms with Crippen LogP contribution in [0.4, 0.5) is 17.6 Å². The number of aliphatic hydroxyl groups is 1. The molecule has 0 saturated carbocycles. The van der Waals surface area contributed by atoms with Gasteiger partial charge < -0.3 is 9.84 Å². The van der Waals surface area contributed by atoms with E-state index in [-0.39, 0.29) is 5.82 Å². The molecule has 0 saturated heterocycles. The number of hydrogen-bond acceptors (Lipinski definition) is 7. The number of nitrogens with one attached hydrogen (secondary N) is 1. The standard InChI is InChI=1S/C31H20F4N6O2/c32-24-10-13-26(27(33)15-24)30(42,16-29-38-40-41-39-29)31(34,35)28-14-9-22(18-37-28)4-1-20-2-5-23(6-3-20)19-43-25-11-7-21(17-36)8-12-25/h2-3,5-15,18,42H,16,19H2,(H,38,39,40,41). The van der Waals surface area contributed by atoms with E-state index in [0.29, 0.717) is 35.1 Å². The molecule has 0 fully saturated rings. The second kappa shape index (κ2) is 12.1. The minimum atomic E-state index is -4.17. The molecule has 0 radical (unpaired) electrons. The lowest BCUT2D eigenvalue weighted by atomic mass is 9.81. The van der Waals surface area contributed by atoms with E-state index >= 15 is 8.78 Å². The number of aromatic nitrogens is 5. The van der Waals surface area contributed by atoms with Crippen molar-refractivity contribution in [3.05, 3.63) is 136 Å². The number of halogens is 4. The molecule has 8 nitrogen and oxygen atoms in total. The molecule has 0 aliphatic rings. The molecule has 43 heavy (non-hydrogen) atoms. The van der Waals surface area contributed by atoms with Crippen molar-refractivity contribution in [3.63, 3.8) is 0 Å². The minimum absolute atomic E-state index is 0.306. The van der Waals surface area contributed by atoms with Crippen LogP contribution in [0.3, 0.4) is 0 Å². The van der Waals surface area contributed by atoms with E-state index in [2.05, 4.69) is 37.4 Å². The Morgan fingerprint density at radius 3 is 2.21 bits per heavy atom. The van der Waals surface area contributed by atoms with Gasteiger partial charge in [0, 0.05) is 29.0 Å². The Kier molecular flexibility index (Phi) is 8.14. The Labute approximate surface area is 242 Å². The number of H-pyrrole nitrogens is 1. The van der Waals surface area contributed by atoms with Crippen LogP contribution in [-0.2, 0) is 24.6 Å². The third-order valence-electron chi connectivity index (χ3n) is 6.48. The highest BCUT2D eigenvalue weighted by atomic mass is 19.3. The summed E-state index contributed by atoms with van der Waals surface area (Å²) >= 11 is 0. The van der Waals surface area contributed by atoms with E-state index in [1.807, 2.05) is 18.2 Å². The Balaban J connectivity index is 1.31. The molecule has 5 aromatic rings. The number of alkyl halides is 2. The van der Waals surface area contributed by atoms with Crippen LogP contribution in [0.5, 0.6) is 5.75 Å². The van der Waals surface area contributed by atoms with Crippen molar-refractivity contribution in [1.82, 2.24) is 25.6 Å². The lowest BCUT2D eigenvalue weighted by molar-refractivity contribution is -0.199. The predicted octanol–water partition coefficient (Wildman–Crippen LogP) is 4.95. The molecule has 1 unspecified atom stereocenters. The van der Waals surface area contributed by atoms with E-state index in [1.165, 1.54) is 6.07 Å². The summed E-state index contributed by atoms with van der Waals surface area (Å²) < 4.78 is 65.6. The van der Waals surface area contributed by atoms with Gasteiger partial charge in [-0.2, -0.15) is 19.3 Å². The van der Waals surface area contributed by atoms with Crippen molar-refractivity contribution >= 4 is 0 Å². The van der Waals surface area contributed by atoms with Gasteiger partial charge >= 0.3 is 5.92 Å². The fourth-order valence-electron chi connectivity index (χ4n) is 4.17. The normalized spacial score (nSPS) is 12.5. The highest BCUT2D eigenvalue weighted by Gasteiger charge is 2.58. The van der Waals surface area contributed by atoms with Crippen LogP contribution < -0.4 is 4.74 Å². The second-order valence-corrected chi connectivity index (χ2v) is 9.37. The van der Waals surface area contributed by atoms with Crippen molar-refractivity contribution in [2.24, 2.45) is 0 Å². The Bertz CT molecular complexity index is 1810. The first-order valence-electron chi connectivity index (χ1n) is 12.7. The smallest absolute Gasteiger partial charge is 0.322 e. The molecule has 0 spiro atoms. The van der Waals surface area contributed by atoms with Gasteiger partial charge in [0.15, 0.2) is 11.4 Å². The van der Waals surface area contributed by atoms with E-state index in [1.54, 1.807) is 36.4 Å². The number of rotatable bonds is 8. The van der Waals surface area contributed by atoms with Crippen molar-refractivity contribution in [2.45, 2.75) is 24.6 Å². The summed E-state index contributed by atoms with van der Waals surface area (Å²) in [7, 11) is 0. The monoisotopic (exact) mass is 584 g/mol. The van der Waals surface area contributed by atoms with E-state index in [4.69, 9.17) is 10.00 Å². The first kappa shape index (κ1) is 28.9. The summed E-state index contributed by atoms with van der Waals surface area (Å²) in [5, 5.41) is 32.7. The number of tetrazole rings is 1. The third-order valence-corrected chi connectivity index (χ3v) is 6.48. The number of hydrogen-bond donors (Lipinski definition) is 2. The van der Waals surface area contributed by atoms with Crippen LogP contribution >= 0.6 is 0 Å². The van der Waals surface area contributed by atoms with Crippen LogP contribution in [0.25, 0.3) is 0 Å².